The Bertz CT molecular complexity index is 365. The van der Waals surface area contributed by atoms with Gasteiger partial charge in [-0.2, -0.15) is 0 Å². The second kappa shape index (κ2) is 5.37. The molecule has 6 heteroatoms. The molecule has 2 fully saturated rings. The fourth-order valence-corrected chi connectivity index (χ4v) is 2.13. The van der Waals surface area contributed by atoms with E-state index in [9.17, 15) is 14.4 Å². The summed E-state index contributed by atoms with van der Waals surface area (Å²) < 4.78 is 4.68. The third-order valence-corrected chi connectivity index (χ3v) is 3.38. The minimum atomic E-state index is -0.590. The first kappa shape index (κ1) is 12.9. The molecule has 0 radical (unpaired) electrons. The smallest absolute Gasteiger partial charge is 0.328 e. The highest BCUT2D eigenvalue weighted by atomic mass is 16.5. The fourth-order valence-electron chi connectivity index (χ4n) is 2.13. The molecule has 2 rings (SSSR count). The summed E-state index contributed by atoms with van der Waals surface area (Å²) in [5.74, 6) is -0.323. The molecule has 1 heterocycles. The molecule has 0 bridgehead atoms. The first-order valence-electron chi connectivity index (χ1n) is 6.27. The number of hydrogen-bond donors (Lipinski definition) is 2. The van der Waals surface area contributed by atoms with Gasteiger partial charge < -0.3 is 15.4 Å². The van der Waals surface area contributed by atoms with Gasteiger partial charge in [-0.05, 0) is 18.8 Å². The van der Waals surface area contributed by atoms with E-state index in [1.165, 1.54) is 7.11 Å². The van der Waals surface area contributed by atoms with Crippen molar-refractivity contribution in [3.05, 3.63) is 0 Å². The molecule has 18 heavy (non-hydrogen) atoms. The van der Waals surface area contributed by atoms with Gasteiger partial charge in [-0.3, -0.25) is 9.59 Å². The van der Waals surface area contributed by atoms with Crippen LogP contribution in [0.25, 0.3) is 0 Å². The topological polar surface area (TPSA) is 84.5 Å². The zero-order valence-electron chi connectivity index (χ0n) is 10.4. The second-order valence-electron chi connectivity index (χ2n) is 4.92. The SMILES string of the molecule is COC(=O)[C@@H](CC1CC1)NC(=O)[C@@H]1CCC(=O)N1. The summed E-state index contributed by atoms with van der Waals surface area (Å²) in [5, 5.41) is 5.26. The van der Waals surface area contributed by atoms with E-state index in [1.54, 1.807) is 0 Å². The number of amides is 2. The molecule has 0 unspecified atom stereocenters. The van der Waals surface area contributed by atoms with Gasteiger partial charge in [0.05, 0.1) is 7.11 Å². The maximum atomic E-state index is 11.9. The van der Waals surface area contributed by atoms with Gasteiger partial charge in [-0.25, -0.2) is 4.79 Å². The minimum Gasteiger partial charge on any atom is -0.467 e. The lowest BCUT2D eigenvalue weighted by atomic mass is 10.1. The molecule has 1 saturated carbocycles. The van der Waals surface area contributed by atoms with E-state index in [2.05, 4.69) is 15.4 Å². The standard InChI is InChI=1S/C12H18N2O4/c1-18-12(17)9(6-7-2-3-7)14-11(16)8-4-5-10(15)13-8/h7-9H,2-6H2,1H3,(H,13,15)(H,14,16)/t8-,9+/m0/s1. The number of carbonyl (C=O) groups is 3. The lowest BCUT2D eigenvalue weighted by Gasteiger charge is -2.18. The van der Waals surface area contributed by atoms with E-state index >= 15 is 0 Å². The minimum absolute atomic E-state index is 0.119. The van der Waals surface area contributed by atoms with Gasteiger partial charge >= 0.3 is 5.97 Å². The molecule has 6 nitrogen and oxygen atoms in total. The number of rotatable bonds is 5. The lowest BCUT2D eigenvalue weighted by Crippen LogP contribution is -2.49. The Morgan fingerprint density at radius 2 is 2.17 bits per heavy atom. The fraction of sp³-hybridized carbons (Fsp3) is 0.750. The lowest BCUT2D eigenvalue weighted by molar-refractivity contribution is -0.145. The normalized spacial score (nSPS) is 24.3. The molecule has 0 aromatic rings. The van der Waals surface area contributed by atoms with Crippen LogP contribution in [0.4, 0.5) is 0 Å². The summed E-state index contributed by atoms with van der Waals surface area (Å²) in [6, 6.07) is -1.10. The van der Waals surface area contributed by atoms with Crippen LogP contribution in [0, 0.1) is 5.92 Å². The average Bonchev–Trinajstić information content (AvgIpc) is 3.06. The second-order valence-corrected chi connectivity index (χ2v) is 4.92. The number of nitrogens with one attached hydrogen (secondary N) is 2. The van der Waals surface area contributed by atoms with Crippen LogP contribution in [-0.2, 0) is 19.1 Å². The molecule has 2 aliphatic rings. The molecule has 1 aliphatic heterocycles. The Morgan fingerprint density at radius 1 is 1.44 bits per heavy atom. The molecule has 0 spiro atoms. The zero-order valence-corrected chi connectivity index (χ0v) is 10.4. The number of hydrogen-bond acceptors (Lipinski definition) is 4. The van der Waals surface area contributed by atoms with Crippen LogP contribution in [0.2, 0.25) is 0 Å². The first-order chi connectivity index (χ1) is 8.60. The summed E-state index contributed by atoms with van der Waals surface area (Å²) in [6.07, 6.45) is 3.68. The molecule has 100 valence electrons. The molecular formula is C12H18N2O4. The van der Waals surface area contributed by atoms with E-state index < -0.39 is 18.1 Å². The largest absolute Gasteiger partial charge is 0.467 e. The van der Waals surface area contributed by atoms with Crippen molar-refractivity contribution >= 4 is 17.8 Å². The van der Waals surface area contributed by atoms with Crippen molar-refractivity contribution in [3.63, 3.8) is 0 Å². The van der Waals surface area contributed by atoms with E-state index in [1.807, 2.05) is 0 Å². The monoisotopic (exact) mass is 254 g/mol. The molecule has 0 aromatic carbocycles. The number of ether oxygens (including phenoxy) is 1. The van der Waals surface area contributed by atoms with Gasteiger partial charge in [0.15, 0.2) is 0 Å². The van der Waals surface area contributed by atoms with Crippen molar-refractivity contribution < 1.29 is 19.1 Å². The first-order valence-corrected chi connectivity index (χ1v) is 6.27. The molecule has 1 aliphatic carbocycles. The highest BCUT2D eigenvalue weighted by Crippen LogP contribution is 2.33. The maximum absolute atomic E-state index is 11.9. The van der Waals surface area contributed by atoms with E-state index in [4.69, 9.17) is 0 Å². The maximum Gasteiger partial charge on any atom is 0.328 e. The highest BCUT2D eigenvalue weighted by Gasteiger charge is 2.34. The van der Waals surface area contributed by atoms with Gasteiger partial charge in [0, 0.05) is 6.42 Å². The van der Waals surface area contributed by atoms with Gasteiger partial charge in [0.2, 0.25) is 11.8 Å². The zero-order chi connectivity index (χ0) is 13.1. The Hall–Kier alpha value is -1.59. The highest BCUT2D eigenvalue weighted by molar-refractivity contribution is 5.93. The van der Waals surface area contributed by atoms with Gasteiger partial charge in [-0.15, -0.1) is 0 Å². The van der Waals surface area contributed by atoms with Crippen LogP contribution in [0.15, 0.2) is 0 Å². The predicted octanol–water partition coefficient (Wildman–Crippen LogP) is -0.277. The Kier molecular flexibility index (Phi) is 3.84. The van der Waals surface area contributed by atoms with Crippen LogP contribution >= 0.6 is 0 Å². The average molecular weight is 254 g/mol. The number of esters is 1. The Balaban J connectivity index is 1.88. The molecular weight excluding hydrogens is 236 g/mol. The van der Waals surface area contributed by atoms with Gasteiger partial charge in [-0.1, -0.05) is 12.8 Å². The van der Waals surface area contributed by atoms with E-state index in [0.717, 1.165) is 12.8 Å². The third-order valence-electron chi connectivity index (χ3n) is 3.38. The van der Waals surface area contributed by atoms with Crippen molar-refractivity contribution in [2.45, 2.75) is 44.2 Å². The summed E-state index contributed by atoms with van der Waals surface area (Å²) in [5.41, 5.74) is 0. The number of methoxy groups -OCH3 is 1. The van der Waals surface area contributed by atoms with Crippen molar-refractivity contribution in [1.29, 1.82) is 0 Å². The van der Waals surface area contributed by atoms with Gasteiger partial charge in [0.1, 0.15) is 12.1 Å². The molecule has 0 aromatic heterocycles. The summed E-state index contributed by atoms with van der Waals surface area (Å²) in [4.78, 5) is 34.5. The Morgan fingerprint density at radius 3 is 2.67 bits per heavy atom. The van der Waals surface area contributed by atoms with Crippen LogP contribution in [-0.4, -0.2) is 37.0 Å². The summed E-state index contributed by atoms with van der Waals surface area (Å²) in [7, 11) is 1.31. The van der Waals surface area contributed by atoms with Crippen LogP contribution in [0.5, 0.6) is 0 Å². The van der Waals surface area contributed by atoms with E-state index in [-0.39, 0.29) is 11.8 Å². The van der Waals surface area contributed by atoms with Crippen molar-refractivity contribution in [1.82, 2.24) is 10.6 Å². The third kappa shape index (κ3) is 3.21. The summed E-state index contributed by atoms with van der Waals surface area (Å²) in [6.45, 7) is 0. The molecule has 2 amide bonds. The van der Waals surface area contributed by atoms with Crippen molar-refractivity contribution in [3.8, 4) is 0 Å². The van der Waals surface area contributed by atoms with Crippen molar-refractivity contribution in [2.75, 3.05) is 7.11 Å². The molecule has 1 saturated heterocycles. The van der Waals surface area contributed by atoms with Crippen molar-refractivity contribution in [2.24, 2.45) is 5.92 Å². The number of carbonyl (C=O) groups excluding carboxylic acids is 3. The quantitative estimate of drug-likeness (QED) is 0.661. The van der Waals surface area contributed by atoms with Crippen LogP contribution in [0.3, 0.4) is 0 Å². The molecule has 2 atom stereocenters. The predicted molar refractivity (Wildman–Crippen MR) is 62.5 cm³/mol. The van der Waals surface area contributed by atoms with Crippen LogP contribution < -0.4 is 10.6 Å². The Labute approximate surface area is 105 Å². The summed E-state index contributed by atoms with van der Waals surface area (Å²) >= 11 is 0. The van der Waals surface area contributed by atoms with E-state index in [0.29, 0.717) is 25.2 Å². The van der Waals surface area contributed by atoms with Crippen LogP contribution in [0.1, 0.15) is 32.1 Å². The molecule has 2 N–H and O–H groups in total. The van der Waals surface area contributed by atoms with Gasteiger partial charge in [0.25, 0.3) is 0 Å².